The highest BCUT2D eigenvalue weighted by Crippen LogP contribution is 2.43. The van der Waals surface area contributed by atoms with Crippen LogP contribution in [0.2, 0.25) is 5.02 Å². The molecule has 0 radical (unpaired) electrons. The molecule has 9 nitrogen and oxygen atoms in total. The fourth-order valence-corrected chi connectivity index (χ4v) is 7.84. The van der Waals surface area contributed by atoms with Gasteiger partial charge in [-0.2, -0.15) is 9.97 Å². The molecule has 2 heterocycles. The van der Waals surface area contributed by atoms with Crippen molar-refractivity contribution in [2.24, 2.45) is 22.1 Å². The first kappa shape index (κ1) is 47.1. The number of carbonyl (C=O) groups is 1. The number of aliphatic imine (C=N–C) groups is 1. The van der Waals surface area contributed by atoms with Gasteiger partial charge in [-0.05, 0) is 90.8 Å². The summed E-state index contributed by atoms with van der Waals surface area (Å²) in [5, 5.41) is 11.7. The van der Waals surface area contributed by atoms with Crippen molar-refractivity contribution >= 4 is 62.7 Å². The summed E-state index contributed by atoms with van der Waals surface area (Å²) in [6.45, 7) is 19.1. The summed E-state index contributed by atoms with van der Waals surface area (Å²) in [4.78, 5) is 31.2. The number of likely N-dealkylation sites (N-methyl/N-ethyl adjacent to an activating group) is 1. The van der Waals surface area contributed by atoms with Crippen LogP contribution in [0.1, 0.15) is 129 Å². The lowest BCUT2D eigenvalue weighted by molar-refractivity contribution is -0.124. The summed E-state index contributed by atoms with van der Waals surface area (Å²) in [6.07, 6.45) is 14.4. The second-order valence-electron chi connectivity index (χ2n) is 17.0. The first-order valence-corrected chi connectivity index (χ1v) is 21.9. The van der Waals surface area contributed by atoms with Crippen LogP contribution in [0.15, 0.2) is 47.1 Å². The summed E-state index contributed by atoms with van der Waals surface area (Å²) in [5.74, 6) is 0.867. The zero-order valence-corrected chi connectivity index (χ0v) is 38.0. The van der Waals surface area contributed by atoms with E-state index in [1.807, 2.05) is 38.1 Å². The molecule has 1 unspecified atom stereocenters. The topological polar surface area (TPSA) is 121 Å². The number of fused-ring (bicyclic) bond motifs is 2. The van der Waals surface area contributed by atoms with Crippen molar-refractivity contribution < 1.29 is 13.9 Å². The van der Waals surface area contributed by atoms with Crippen molar-refractivity contribution in [2.45, 2.75) is 113 Å². The van der Waals surface area contributed by atoms with Crippen molar-refractivity contribution in [2.75, 3.05) is 45.2 Å². The molecule has 1 amide bonds. The minimum atomic E-state index is -0.292. The largest absolute Gasteiger partial charge is 0.463 e. The number of aryl methyl sites for hydroxylation is 1. The third-order valence-electron chi connectivity index (χ3n) is 10.6. The van der Waals surface area contributed by atoms with Crippen LogP contribution in [0.25, 0.3) is 28.0 Å². The van der Waals surface area contributed by atoms with Gasteiger partial charge in [-0.15, -0.1) is 0 Å². The number of aromatic nitrogens is 2. The van der Waals surface area contributed by atoms with Gasteiger partial charge in [0.05, 0.1) is 41.5 Å². The number of allylic oxidation sites excluding steroid dienone is 3. The van der Waals surface area contributed by atoms with E-state index in [2.05, 4.69) is 46.4 Å². The number of ether oxygens (including phenoxy) is 1. The standard InChI is InChI=1S/C44H57ClFN7O2.C4H10/c1-8-12-14-19-44(5,18-13-9-2)27-55-43-50-37-25-34(33-23-29(45)22-28-16-17-35(46)31(10-3)38(28)33)40(48)32(11-4)39(37)41(51-43)53-21-15-20-49-30(26-53)24-36(47)42(54)52(6)7;1-4(2)3/h11,16-17,22-25,48H,8-10,12-15,18-21,26-27,47H2,1-7H3;4H,1-3H3/b32-11-,36-24-,48-40?;. The van der Waals surface area contributed by atoms with Crippen LogP contribution in [0, 0.1) is 22.6 Å². The summed E-state index contributed by atoms with van der Waals surface area (Å²) >= 11 is 6.71. The Hall–Kier alpha value is -4.57. The van der Waals surface area contributed by atoms with Gasteiger partial charge in [0.2, 0.25) is 0 Å². The third kappa shape index (κ3) is 12.0. The van der Waals surface area contributed by atoms with Gasteiger partial charge in [-0.3, -0.25) is 15.2 Å². The molecule has 1 aromatic heterocycles. The summed E-state index contributed by atoms with van der Waals surface area (Å²) < 4.78 is 22.0. The van der Waals surface area contributed by atoms with Crippen LogP contribution < -0.4 is 15.4 Å². The Bertz CT molecular complexity index is 2100. The average Bonchev–Trinajstić information content (AvgIpc) is 3.43. The van der Waals surface area contributed by atoms with E-state index in [1.54, 1.807) is 26.2 Å². The van der Waals surface area contributed by atoms with Gasteiger partial charge in [0, 0.05) is 48.8 Å². The number of nitrogens with two attached hydrogens (primary N) is 1. The molecule has 5 rings (SSSR count). The lowest BCUT2D eigenvalue weighted by Crippen LogP contribution is -2.33. The molecule has 0 bridgehead atoms. The third-order valence-corrected chi connectivity index (χ3v) is 10.9. The molecule has 0 saturated heterocycles. The Labute approximate surface area is 357 Å². The summed E-state index contributed by atoms with van der Waals surface area (Å²) in [7, 11) is 3.33. The molecular formula is C48H67ClFN7O2. The molecule has 3 aromatic rings. The number of anilines is 1. The normalized spacial score (nSPS) is 16.2. The zero-order chi connectivity index (χ0) is 43.4. The molecule has 0 spiro atoms. The maximum Gasteiger partial charge on any atom is 0.318 e. The molecule has 1 aliphatic carbocycles. The molecule has 1 atom stereocenters. The smallest absolute Gasteiger partial charge is 0.318 e. The molecule has 11 heteroatoms. The van der Waals surface area contributed by atoms with Crippen molar-refractivity contribution in [1.29, 1.82) is 5.41 Å². The van der Waals surface area contributed by atoms with Crippen molar-refractivity contribution in [3.63, 3.8) is 0 Å². The van der Waals surface area contributed by atoms with Gasteiger partial charge in [0.25, 0.3) is 5.91 Å². The van der Waals surface area contributed by atoms with E-state index < -0.39 is 0 Å². The number of benzene rings is 2. The summed E-state index contributed by atoms with van der Waals surface area (Å²) in [5.41, 5.74) is 11.0. The maximum atomic E-state index is 15.3. The molecule has 2 aliphatic rings. The number of halogens is 2. The fraction of sp³-hybridized carbons (Fsp3) is 0.521. The number of unbranched alkanes of at least 4 members (excludes halogenated alkanes) is 3. The minimum Gasteiger partial charge on any atom is -0.463 e. The molecule has 2 aromatic carbocycles. The Morgan fingerprint density at radius 1 is 1.10 bits per heavy atom. The van der Waals surface area contributed by atoms with E-state index in [4.69, 9.17) is 37.0 Å². The first-order valence-electron chi connectivity index (χ1n) is 21.5. The maximum absolute atomic E-state index is 15.3. The van der Waals surface area contributed by atoms with Crippen molar-refractivity contribution in [1.82, 2.24) is 14.9 Å². The zero-order valence-electron chi connectivity index (χ0n) is 37.2. The quantitative estimate of drug-likeness (QED) is 0.116. The average molecular weight is 829 g/mol. The van der Waals surface area contributed by atoms with Crippen LogP contribution >= 0.6 is 11.6 Å². The molecule has 0 saturated carbocycles. The predicted molar refractivity (Wildman–Crippen MR) is 247 cm³/mol. The van der Waals surface area contributed by atoms with Crippen LogP contribution in [0.5, 0.6) is 6.01 Å². The van der Waals surface area contributed by atoms with Crippen LogP contribution in [-0.4, -0.2) is 72.5 Å². The van der Waals surface area contributed by atoms with Gasteiger partial charge in [0.1, 0.15) is 11.6 Å². The molecule has 320 valence electrons. The van der Waals surface area contributed by atoms with E-state index in [1.165, 1.54) is 17.4 Å². The van der Waals surface area contributed by atoms with E-state index in [0.717, 1.165) is 61.6 Å². The van der Waals surface area contributed by atoms with Crippen LogP contribution in [-0.2, 0) is 11.2 Å². The Balaban J connectivity index is 0.00000184. The van der Waals surface area contributed by atoms with E-state index >= 15 is 4.39 Å². The Morgan fingerprint density at radius 2 is 1.80 bits per heavy atom. The van der Waals surface area contributed by atoms with Gasteiger partial charge >= 0.3 is 6.01 Å². The molecule has 3 N–H and O–H groups in total. The first-order chi connectivity index (χ1) is 28.1. The highest BCUT2D eigenvalue weighted by molar-refractivity contribution is 6.49. The second kappa shape index (κ2) is 21.6. The van der Waals surface area contributed by atoms with Gasteiger partial charge in [-0.25, -0.2) is 4.39 Å². The van der Waals surface area contributed by atoms with Gasteiger partial charge in [-0.1, -0.05) is 104 Å². The Morgan fingerprint density at radius 3 is 2.44 bits per heavy atom. The summed E-state index contributed by atoms with van der Waals surface area (Å²) in [6, 6.07) is 7.13. The monoisotopic (exact) mass is 828 g/mol. The highest BCUT2D eigenvalue weighted by atomic mass is 35.5. The number of rotatable bonds is 15. The van der Waals surface area contributed by atoms with Crippen LogP contribution in [0.4, 0.5) is 10.2 Å². The SMILES string of the molecule is C/C=C1\C(=N)C(c2cc(Cl)cc3ccc(F)c(CC)c23)=Cc2nc(OCC(C)(CCCC)CCCCC)nc(N3CCCN=C(/C=C(\N)C(=O)N(C)C)C3)c21.CC(C)C. The molecular weight excluding hydrogens is 761 g/mol. The van der Waals surface area contributed by atoms with Gasteiger partial charge < -0.3 is 20.3 Å². The molecule has 59 heavy (non-hydrogen) atoms. The predicted octanol–water partition coefficient (Wildman–Crippen LogP) is 11.4. The van der Waals surface area contributed by atoms with Crippen LogP contribution in [0.3, 0.4) is 0 Å². The number of nitrogens with one attached hydrogen (secondary N) is 1. The molecule has 0 fully saturated rings. The van der Waals surface area contributed by atoms with Gasteiger partial charge in [0.15, 0.2) is 0 Å². The van der Waals surface area contributed by atoms with Crippen molar-refractivity contribution in [3.8, 4) is 6.01 Å². The molecule has 1 aliphatic heterocycles. The van der Waals surface area contributed by atoms with E-state index in [-0.39, 0.29) is 34.6 Å². The lowest BCUT2D eigenvalue weighted by Gasteiger charge is -2.31. The number of hydrogen-bond donors (Lipinski definition) is 2. The Kier molecular flexibility index (Phi) is 17.3. The fourth-order valence-electron chi connectivity index (χ4n) is 7.61. The second-order valence-corrected chi connectivity index (χ2v) is 17.4. The van der Waals surface area contributed by atoms with E-state index in [9.17, 15) is 10.2 Å². The number of carbonyl (C=O) groups excluding carboxylic acids is 1. The number of hydrogen-bond acceptors (Lipinski definition) is 8. The number of amides is 1. The highest BCUT2D eigenvalue weighted by Gasteiger charge is 2.32. The van der Waals surface area contributed by atoms with Crippen molar-refractivity contribution in [3.05, 3.63) is 75.3 Å². The number of nitrogens with zero attached hydrogens (tertiary/aromatic N) is 5. The van der Waals surface area contributed by atoms with E-state index in [0.29, 0.717) is 82.7 Å². The lowest BCUT2D eigenvalue weighted by atomic mass is 9.81. The minimum absolute atomic E-state index is 0.0493.